The van der Waals surface area contributed by atoms with Gasteiger partial charge in [0.2, 0.25) is 0 Å². The van der Waals surface area contributed by atoms with Crippen molar-refractivity contribution in [2.45, 2.75) is 6.92 Å². The second kappa shape index (κ2) is 8.33. The Hall–Kier alpha value is -3.71. The van der Waals surface area contributed by atoms with Gasteiger partial charge < -0.3 is 20.1 Å². The molecule has 0 spiro atoms. The number of anilines is 1. The Kier molecular flexibility index (Phi) is 5.34. The molecule has 168 valence electrons. The van der Waals surface area contributed by atoms with Gasteiger partial charge in [-0.25, -0.2) is 4.39 Å². The number of halogens is 1. The molecule has 7 heteroatoms. The highest BCUT2D eigenvalue weighted by molar-refractivity contribution is 6.36. The number of aromatic amines is 1. The maximum atomic E-state index is 14.6. The van der Waals surface area contributed by atoms with Gasteiger partial charge in [0.25, 0.3) is 11.8 Å². The molecule has 0 bridgehead atoms. The van der Waals surface area contributed by atoms with Gasteiger partial charge in [-0.05, 0) is 43.3 Å². The lowest BCUT2D eigenvalue weighted by atomic mass is 9.94. The predicted octanol–water partition coefficient (Wildman–Crippen LogP) is 4.01. The molecule has 0 saturated carbocycles. The highest BCUT2D eigenvalue weighted by Gasteiger charge is 2.29. The van der Waals surface area contributed by atoms with Crippen LogP contribution in [0.5, 0.6) is 0 Å². The molecule has 6 nitrogen and oxygen atoms in total. The molecule has 0 radical (unpaired) electrons. The quantitative estimate of drug-likeness (QED) is 0.600. The van der Waals surface area contributed by atoms with Gasteiger partial charge in [0, 0.05) is 54.9 Å². The first kappa shape index (κ1) is 21.2. The molecule has 0 aliphatic carbocycles. The lowest BCUT2D eigenvalue weighted by Gasteiger charge is -2.32. The molecular weight excluding hydrogens is 419 g/mol. The second-order valence-corrected chi connectivity index (χ2v) is 8.56. The maximum Gasteiger partial charge on any atom is 0.256 e. The van der Waals surface area contributed by atoms with E-state index in [-0.39, 0.29) is 17.6 Å². The van der Waals surface area contributed by atoms with Gasteiger partial charge in [-0.3, -0.25) is 9.59 Å². The van der Waals surface area contributed by atoms with Crippen molar-refractivity contribution in [1.82, 2.24) is 14.8 Å². The number of hydrogen-bond acceptors (Lipinski definition) is 3. The molecule has 1 fully saturated rings. The van der Waals surface area contributed by atoms with Gasteiger partial charge in [-0.2, -0.15) is 0 Å². The van der Waals surface area contributed by atoms with Crippen molar-refractivity contribution < 1.29 is 14.0 Å². The van der Waals surface area contributed by atoms with E-state index in [1.165, 1.54) is 6.07 Å². The largest absolute Gasteiger partial charge is 0.361 e. The first-order chi connectivity index (χ1) is 15.9. The van der Waals surface area contributed by atoms with Crippen molar-refractivity contribution in [1.29, 1.82) is 0 Å². The van der Waals surface area contributed by atoms with Crippen LogP contribution < -0.4 is 5.32 Å². The highest BCUT2D eigenvalue weighted by atomic mass is 19.1. The van der Waals surface area contributed by atoms with E-state index in [2.05, 4.69) is 15.2 Å². The fourth-order valence-electron chi connectivity index (χ4n) is 4.50. The summed E-state index contributed by atoms with van der Waals surface area (Å²) < 4.78 is 14.6. The molecule has 33 heavy (non-hydrogen) atoms. The zero-order valence-electron chi connectivity index (χ0n) is 18.6. The average Bonchev–Trinajstić information content (AvgIpc) is 3.33. The van der Waals surface area contributed by atoms with E-state index in [1.54, 1.807) is 36.5 Å². The zero-order valence-corrected chi connectivity index (χ0v) is 18.6. The van der Waals surface area contributed by atoms with Crippen LogP contribution >= 0.6 is 0 Å². The van der Waals surface area contributed by atoms with Crippen LogP contribution in [0.25, 0.3) is 22.8 Å². The molecule has 2 amide bonds. The number of nitrogens with zero attached hydrogens (tertiary/aromatic N) is 2. The number of benzene rings is 2. The number of fused-ring (bicyclic) bond motifs is 1. The average molecular weight is 445 g/mol. The molecule has 2 aliphatic rings. The minimum absolute atomic E-state index is 0.00943. The lowest BCUT2D eigenvalue weighted by Crippen LogP contribution is -2.47. The molecule has 0 atom stereocenters. The first-order valence-corrected chi connectivity index (χ1v) is 11.0. The third kappa shape index (κ3) is 3.74. The predicted molar refractivity (Wildman–Crippen MR) is 127 cm³/mol. The second-order valence-electron chi connectivity index (χ2n) is 8.56. The summed E-state index contributed by atoms with van der Waals surface area (Å²) in [6, 6.07) is 12.0. The Labute approximate surface area is 191 Å². The van der Waals surface area contributed by atoms with Gasteiger partial charge in [0.05, 0.1) is 11.1 Å². The van der Waals surface area contributed by atoms with E-state index in [9.17, 15) is 14.0 Å². The fourth-order valence-corrected chi connectivity index (χ4v) is 4.50. The van der Waals surface area contributed by atoms with Crippen molar-refractivity contribution in [3.05, 3.63) is 76.9 Å². The number of hydrogen-bond donors (Lipinski definition) is 2. The number of amides is 2. The summed E-state index contributed by atoms with van der Waals surface area (Å²) in [6.45, 7) is 4.96. The Bertz CT molecular complexity index is 1290. The minimum Gasteiger partial charge on any atom is -0.361 e. The molecular formula is C26H25FN4O2. The molecule has 2 N–H and O–H groups in total. The number of aromatic nitrogens is 1. The van der Waals surface area contributed by atoms with Crippen LogP contribution in [0.4, 0.5) is 10.1 Å². The van der Waals surface area contributed by atoms with E-state index in [4.69, 9.17) is 0 Å². The van der Waals surface area contributed by atoms with E-state index < -0.39 is 0 Å². The van der Waals surface area contributed by atoms with Gasteiger partial charge in [0.1, 0.15) is 5.82 Å². The van der Waals surface area contributed by atoms with E-state index in [0.29, 0.717) is 52.3 Å². The Morgan fingerprint density at radius 2 is 1.76 bits per heavy atom. The molecule has 0 unspecified atom stereocenters. The van der Waals surface area contributed by atoms with Crippen LogP contribution in [0.3, 0.4) is 0 Å². The molecule has 2 aromatic carbocycles. The number of likely N-dealkylation sites (N-methyl/N-ethyl adjacent to an activating group) is 1. The summed E-state index contributed by atoms with van der Waals surface area (Å²) in [5, 5.41) is 2.88. The standard InChI is InChI=1S/C26H25FN4O2/c1-16-20(26(33)31-12-10-30(2)11-13-31)15-28-23(16)14-19-24-18(17-6-3-4-8-21(17)27)7-5-9-22(24)29-25(19)32/h3-9,14-15,28H,10-13H2,1-2H3,(H,29,32). The van der Waals surface area contributed by atoms with Crippen LogP contribution in [-0.4, -0.2) is 59.8 Å². The molecule has 5 rings (SSSR count). The van der Waals surface area contributed by atoms with Crippen molar-refractivity contribution in [3.63, 3.8) is 0 Å². The Morgan fingerprint density at radius 1 is 1.03 bits per heavy atom. The van der Waals surface area contributed by atoms with Gasteiger partial charge in [-0.1, -0.05) is 30.3 Å². The summed E-state index contributed by atoms with van der Waals surface area (Å²) in [7, 11) is 2.05. The van der Waals surface area contributed by atoms with Gasteiger partial charge in [-0.15, -0.1) is 0 Å². The Balaban J connectivity index is 1.53. The zero-order chi connectivity index (χ0) is 23.1. The summed E-state index contributed by atoms with van der Waals surface area (Å²) in [6.07, 6.45) is 3.46. The van der Waals surface area contributed by atoms with Crippen LogP contribution in [0.2, 0.25) is 0 Å². The van der Waals surface area contributed by atoms with Gasteiger partial charge in [0.15, 0.2) is 0 Å². The third-order valence-electron chi connectivity index (χ3n) is 6.48. The van der Waals surface area contributed by atoms with Crippen molar-refractivity contribution >= 4 is 29.2 Å². The van der Waals surface area contributed by atoms with Crippen LogP contribution in [-0.2, 0) is 4.79 Å². The lowest BCUT2D eigenvalue weighted by molar-refractivity contribution is -0.110. The topological polar surface area (TPSA) is 68.4 Å². The first-order valence-electron chi connectivity index (χ1n) is 11.0. The number of H-pyrrole nitrogens is 1. The SMILES string of the molecule is Cc1c(C(=O)N2CCN(C)CC2)c[nH]c1C=C1C(=O)Nc2cccc(-c3ccccc3F)c21. The van der Waals surface area contributed by atoms with Crippen molar-refractivity contribution in [3.8, 4) is 11.1 Å². The van der Waals surface area contributed by atoms with Crippen LogP contribution in [0, 0.1) is 12.7 Å². The van der Waals surface area contributed by atoms with Crippen molar-refractivity contribution in [2.75, 3.05) is 38.5 Å². The van der Waals surface area contributed by atoms with Gasteiger partial charge >= 0.3 is 0 Å². The maximum absolute atomic E-state index is 14.6. The minimum atomic E-state index is -0.347. The van der Waals surface area contributed by atoms with Crippen LogP contribution in [0.1, 0.15) is 27.2 Å². The fraction of sp³-hybridized carbons (Fsp3) is 0.231. The van der Waals surface area contributed by atoms with E-state index in [0.717, 1.165) is 18.7 Å². The number of carbonyl (C=O) groups is 2. The normalized spacial score (nSPS) is 17.4. The summed E-state index contributed by atoms with van der Waals surface area (Å²) in [5.74, 6) is -0.611. The van der Waals surface area contributed by atoms with E-state index in [1.807, 2.05) is 31.0 Å². The number of nitrogens with one attached hydrogen (secondary N) is 2. The third-order valence-corrected chi connectivity index (χ3v) is 6.48. The van der Waals surface area contributed by atoms with Crippen molar-refractivity contribution in [2.24, 2.45) is 0 Å². The molecule has 1 saturated heterocycles. The highest BCUT2D eigenvalue weighted by Crippen LogP contribution is 2.41. The summed E-state index contributed by atoms with van der Waals surface area (Å²) in [5.41, 5.74) is 4.90. The molecule has 1 aromatic heterocycles. The van der Waals surface area contributed by atoms with E-state index >= 15 is 0 Å². The monoisotopic (exact) mass is 444 g/mol. The molecule has 3 aromatic rings. The number of rotatable bonds is 3. The summed E-state index contributed by atoms with van der Waals surface area (Å²) in [4.78, 5) is 33.2. The number of carbonyl (C=O) groups excluding carboxylic acids is 2. The number of piperazine rings is 1. The summed E-state index contributed by atoms with van der Waals surface area (Å²) >= 11 is 0. The Morgan fingerprint density at radius 3 is 2.52 bits per heavy atom. The molecule has 2 aliphatic heterocycles. The smallest absolute Gasteiger partial charge is 0.256 e. The molecule has 3 heterocycles. The van der Waals surface area contributed by atoms with Crippen LogP contribution in [0.15, 0.2) is 48.7 Å².